The van der Waals surface area contributed by atoms with Gasteiger partial charge in [0.05, 0.1) is 24.8 Å². The van der Waals surface area contributed by atoms with E-state index in [2.05, 4.69) is 4.74 Å². The van der Waals surface area contributed by atoms with Gasteiger partial charge in [0, 0.05) is 12.4 Å². The van der Waals surface area contributed by atoms with Crippen molar-refractivity contribution in [2.75, 3.05) is 14.2 Å². The number of hydrogen-bond acceptors (Lipinski definition) is 3. The van der Waals surface area contributed by atoms with E-state index in [9.17, 15) is 4.79 Å². The molecule has 0 spiro atoms. The fourth-order valence-electron chi connectivity index (χ4n) is 1.60. The molecule has 0 aliphatic heterocycles. The summed E-state index contributed by atoms with van der Waals surface area (Å²) in [5, 5.41) is 0.584. The largest absolute Gasteiger partial charge is 0.494 e. The van der Waals surface area contributed by atoms with Crippen molar-refractivity contribution in [3.8, 4) is 5.75 Å². The summed E-state index contributed by atoms with van der Waals surface area (Å²) >= 11 is 5.89. The number of ether oxygens (including phenoxy) is 2. The van der Waals surface area contributed by atoms with E-state index in [1.165, 1.54) is 14.2 Å². The monoisotopic (exact) mass is 239 g/mol. The van der Waals surface area contributed by atoms with Gasteiger partial charge in [0.15, 0.2) is 5.75 Å². The van der Waals surface area contributed by atoms with Crippen LogP contribution in [0, 0.1) is 0 Å². The third-order valence-corrected chi connectivity index (χ3v) is 2.51. The SMILES string of the molecule is COC(=O)c1ccn2cc(Cl)cc2c1OC. The molecule has 4 nitrogen and oxygen atoms in total. The Hall–Kier alpha value is -1.68. The van der Waals surface area contributed by atoms with E-state index in [4.69, 9.17) is 16.3 Å². The molecular weight excluding hydrogens is 230 g/mol. The summed E-state index contributed by atoms with van der Waals surface area (Å²) in [6.07, 6.45) is 3.47. The lowest BCUT2D eigenvalue weighted by atomic mass is 10.2. The summed E-state index contributed by atoms with van der Waals surface area (Å²) in [6.45, 7) is 0. The van der Waals surface area contributed by atoms with E-state index in [1.54, 1.807) is 28.9 Å². The third-order valence-electron chi connectivity index (χ3n) is 2.30. The van der Waals surface area contributed by atoms with Crippen molar-refractivity contribution in [3.05, 3.63) is 35.1 Å². The first kappa shape index (κ1) is 10.8. The number of nitrogens with zero attached hydrogens (tertiary/aromatic N) is 1. The minimum Gasteiger partial charge on any atom is -0.494 e. The first-order chi connectivity index (χ1) is 7.67. The molecule has 2 aromatic rings. The molecule has 16 heavy (non-hydrogen) atoms. The van der Waals surface area contributed by atoms with Crippen LogP contribution in [0.1, 0.15) is 10.4 Å². The number of esters is 1. The Balaban J connectivity index is 2.71. The maximum absolute atomic E-state index is 11.5. The van der Waals surface area contributed by atoms with Gasteiger partial charge in [0.25, 0.3) is 0 Å². The van der Waals surface area contributed by atoms with Crippen LogP contribution < -0.4 is 4.74 Å². The molecule has 0 radical (unpaired) electrons. The molecule has 0 atom stereocenters. The minimum absolute atomic E-state index is 0.382. The molecule has 0 unspecified atom stereocenters. The molecule has 5 heteroatoms. The number of aromatic nitrogens is 1. The van der Waals surface area contributed by atoms with Crippen molar-refractivity contribution in [2.45, 2.75) is 0 Å². The standard InChI is InChI=1S/C11H10ClNO3/c1-15-10-8(11(14)16-2)3-4-13-6-7(12)5-9(10)13/h3-6H,1-2H3. The molecule has 0 amide bonds. The summed E-state index contributed by atoms with van der Waals surface area (Å²) < 4.78 is 11.7. The van der Waals surface area contributed by atoms with Crippen molar-refractivity contribution in [1.82, 2.24) is 4.40 Å². The van der Waals surface area contributed by atoms with Gasteiger partial charge in [-0.05, 0) is 12.1 Å². The molecule has 2 heterocycles. The Kier molecular flexibility index (Phi) is 2.75. The fourth-order valence-corrected chi connectivity index (χ4v) is 1.81. The summed E-state index contributed by atoms with van der Waals surface area (Å²) in [6, 6.07) is 3.36. The predicted octanol–water partition coefficient (Wildman–Crippen LogP) is 2.39. The van der Waals surface area contributed by atoms with E-state index >= 15 is 0 Å². The van der Waals surface area contributed by atoms with Crippen LogP contribution in [-0.2, 0) is 4.74 Å². The fraction of sp³-hybridized carbons (Fsp3) is 0.182. The van der Waals surface area contributed by atoms with Gasteiger partial charge in [-0.15, -0.1) is 0 Å². The Morgan fingerprint density at radius 3 is 2.81 bits per heavy atom. The number of methoxy groups -OCH3 is 2. The van der Waals surface area contributed by atoms with Crippen molar-refractivity contribution >= 4 is 23.1 Å². The Labute approximate surface area is 97.3 Å². The van der Waals surface area contributed by atoms with E-state index < -0.39 is 5.97 Å². The Morgan fingerprint density at radius 2 is 2.19 bits per heavy atom. The van der Waals surface area contributed by atoms with Crippen molar-refractivity contribution < 1.29 is 14.3 Å². The summed E-state index contributed by atoms with van der Waals surface area (Å²) in [5.41, 5.74) is 1.11. The molecule has 0 N–H and O–H groups in total. The molecular formula is C11H10ClNO3. The van der Waals surface area contributed by atoms with Crippen LogP contribution in [0.2, 0.25) is 5.02 Å². The maximum Gasteiger partial charge on any atom is 0.341 e. The lowest BCUT2D eigenvalue weighted by Crippen LogP contribution is -2.05. The molecule has 0 aromatic carbocycles. The highest BCUT2D eigenvalue weighted by atomic mass is 35.5. The van der Waals surface area contributed by atoms with Crippen LogP contribution in [0.15, 0.2) is 24.5 Å². The van der Waals surface area contributed by atoms with E-state index in [1.807, 2.05) is 0 Å². The zero-order chi connectivity index (χ0) is 11.7. The molecule has 0 saturated carbocycles. The van der Waals surface area contributed by atoms with Gasteiger partial charge in [-0.25, -0.2) is 4.79 Å². The van der Waals surface area contributed by atoms with Gasteiger partial charge in [-0.1, -0.05) is 11.6 Å². The van der Waals surface area contributed by atoms with E-state index in [0.717, 1.165) is 5.52 Å². The van der Waals surface area contributed by atoms with E-state index in [0.29, 0.717) is 16.3 Å². The second-order valence-corrected chi connectivity index (χ2v) is 3.64. The average molecular weight is 240 g/mol. The van der Waals surface area contributed by atoms with Crippen LogP contribution in [0.5, 0.6) is 5.75 Å². The quantitative estimate of drug-likeness (QED) is 0.756. The van der Waals surface area contributed by atoms with E-state index in [-0.39, 0.29) is 0 Å². The highest BCUT2D eigenvalue weighted by molar-refractivity contribution is 6.31. The van der Waals surface area contributed by atoms with Gasteiger partial charge in [0.1, 0.15) is 5.56 Å². The molecule has 0 saturated heterocycles. The van der Waals surface area contributed by atoms with Crippen LogP contribution in [0.3, 0.4) is 0 Å². The van der Waals surface area contributed by atoms with Crippen molar-refractivity contribution in [3.63, 3.8) is 0 Å². The number of hydrogen-bond donors (Lipinski definition) is 0. The molecule has 84 valence electrons. The number of halogens is 1. The van der Waals surface area contributed by atoms with Crippen molar-refractivity contribution in [2.24, 2.45) is 0 Å². The highest BCUT2D eigenvalue weighted by Crippen LogP contribution is 2.28. The highest BCUT2D eigenvalue weighted by Gasteiger charge is 2.16. The zero-order valence-electron chi connectivity index (χ0n) is 8.86. The zero-order valence-corrected chi connectivity index (χ0v) is 9.62. The summed E-state index contributed by atoms with van der Waals surface area (Å²) in [7, 11) is 2.83. The number of carbonyl (C=O) groups is 1. The molecule has 0 bridgehead atoms. The second kappa shape index (κ2) is 4.06. The van der Waals surface area contributed by atoms with Gasteiger partial charge in [-0.3, -0.25) is 0 Å². The predicted molar refractivity (Wildman–Crippen MR) is 60.3 cm³/mol. The van der Waals surface area contributed by atoms with Gasteiger partial charge < -0.3 is 13.9 Å². The Bertz CT molecular complexity index is 547. The lowest BCUT2D eigenvalue weighted by molar-refractivity contribution is 0.0597. The van der Waals surface area contributed by atoms with Crippen molar-refractivity contribution in [1.29, 1.82) is 0 Å². The second-order valence-electron chi connectivity index (χ2n) is 3.21. The van der Waals surface area contributed by atoms with Crippen LogP contribution >= 0.6 is 11.6 Å². The summed E-state index contributed by atoms with van der Waals surface area (Å²) in [5.74, 6) is 0.0259. The third kappa shape index (κ3) is 1.61. The number of pyridine rings is 1. The molecule has 2 rings (SSSR count). The number of fused-ring (bicyclic) bond motifs is 1. The van der Waals surface area contributed by atoms with Gasteiger partial charge >= 0.3 is 5.97 Å². The van der Waals surface area contributed by atoms with Gasteiger partial charge in [0.2, 0.25) is 0 Å². The normalized spacial score (nSPS) is 10.4. The lowest BCUT2D eigenvalue weighted by Gasteiger charge is -2.08. The topological polar surface area (TPSA) is 39.9 Å². The van der Waals surface area contributed by atoms with Gasteiger partial charge in [-0.2, -0.15) is 0 Å². The Morgan fingerprint density at radius 1 is 1.44 bits per heavy atom. The number of rotatable bonds is 2. The molecule has 2 aromatic heterocycles. The van der Waals surface area contributed by atoms with Crippen LogP contribution in [0.4, 0.5) is 0 Å². The minimum atomic E-state index is -0.434. The molecule has 0 aliphatic carbocycles. The first-order valence-electron chi connectivity index (χ1n) is 4.60. The molecule has 0 aliphatic rings. The van der Waals surface area contributed by atoms with Crippen LogP contribution in [-0.4, -0.2) is 24.6 Å². The summed E-state index contributed by atoms with van der Waals surface area (Å²) in [4.78, 5) is 11.5. The smallest absolute Gasteiger partial charge is 0.341 e. The van der Waals surface area contributed by atoms with Crippen LogP contribution in [0.25, 0.3) is 5.52 Å². The molecule has 0 fully saturated rings. The average Bonchev–Trinajstić information content (AvgIpc) is 2.66. The number of carbonyl (C=O) groups excluding carboxylic acids is 1. The first-order valence-corrected chi connectivity index (χ1v) is 4.97. The maximum atomic E-state index is 11.5.